The summed E-state index contributed by atoms with van der Waals surface area (Å²) in [6, 6.07) is 12.7. The highest BCUT2D eigenvalue weighted by molar-refractivity contribution is 6.02. The Labute approximate surface area is 158 Å². The summed E-state index contributed by atoms with van der Waals surface area (Å²) in [4.78, 5) is 22.3. The largest absolute Gasteiger partial charge is 0.478 e. The van der Waals surface area contributed by atoms with Gasteiger partial charge in [0.2, 0.25) is 0 Å². The molecule has 26 heavy (non-hydrogen) atoms. The summed E-state index contributed by atoms with van der Waals surface area (Å²) in [5, 5.41) is 18.2. The predicted octanol–water partition coefficient (Wildman–Crippen LogP) is 6.85. The molecule has 146 valence electrons. The lowest BCUT2D eigenvalue weighted by Crippen LogP contribution is -2.03. The van der Waals surface area contributed by atoms with Gasteiger partial charge in [0.15, 0.2) is 0 Å². The van der Waals surface area contributed by atoms with Gasteiger partial charge in [-0.2, -0.15) is 0 Å². The van der Waals surface area contributed by atoms with Crippen LogP contribution in [0.1, 0.15) is 76.1 Å². The van der Waals surface area contributed by atoms with Crippen molar-refractivity contribution in [3.8, 4) is 11.1 Å². The molecule has 0 radical (unpaired) electrons. The van der Waals surface area contributed by atoms with E-state index in [0.29, 0.717) is 11.1 Å². The lowest BCUT2D eigenvalue weighted by Gasteiger charge is -2.08. The van der Waals surface area contributed by atoms with Crippen LogP contribution in [0, 0.1) is 0 Å². The molecule has 0 saturated carbocycles. The summed E-state index contributed by atoms with van der Waals surface area (Å²) in [6.07, 6.45) is 0. The highest BCUT2D eigenvalue weighted by Crippen LogP contribution is 2.27. The molecule has 2 aromatic rings. The summed E-state index contributed by atoms with van der Waals surface area (Å²) >= 11 is 0. The number of aromatic carboxylic acids is 2. The van der Waals surface area contributed by atoms with E-state index in [4.69, 9.17) is 10.2 Å². The van der Waals surface area contributed by atoms with E-state index in [0.717, 1.165) is 0 Å². The fourth-order valence-corrected chi connectivity index (χ4v) is 1.81. The fraction of sp³-hybridized carbons (Fsp3) is 0.364. The van der Waals surface area contributed by atoms with E-state index >= 15 is 0 Å². The summed E-state index contributed by atoms with van der Waals surface area (Å²) < 4.78 is 0. The van der Waals surface area contributed by atoms with Crippen LogP contribution in [0.2, 0.25) is 0 Å². The first-order valence-electron chi connectivity index (χ1n) is 9.26. The van der Waals surface area contributed by atoms with Gasteiger partial charge < -0.3 is 10.2 Å². The number of carboxylic acid groups (broad SMARTS) is 2. The highest BCUT2D eigenvalue weighted by Gasteiger charge is 2.16. The maximum absolute atomic E-state index is 11.1. The van der Waals surface area contributed by atoms with E-state index in [1.807, 2.05) is 55.4 Å². The van der Waals surface area contributed by atoms with Gasteiger partial charge >= 0.3 is 11.9 Å². The Hall–Kier alpha value is -2.62. The minimum absolute atomic E-state index is 0.0891. The van der Waals surface area contributed by atoms with E-state index in [1.165, 1.54) is 12.1 Å². The van der Waals surface area contributed by atoms with Crippen LogP contribution in [-0.2, 0) is 0 Å². The first kappa shape index (κ1) is 28.2. The van der Waals surface area contributed by atoms with Crippen molar-refractivity contribution in [2.24, 2.45) is 0 Å². The van der Waals surface area contributed by atoms with E-state index < -0.39 is 11.9 Å². The Balaban J connectivity index is -0.000000585. The van der Waals surface area contributed by atoms with Gasteiger partial charge in [0.1, 0.15) is 0 Å². The average molecular weight is 363 g/mol. The van der Waals surface area contributed by atoms with Crippen molar-refractivity contribution in [1.29, 1.82) is 0 Å². The summed E-state index contributed by atoms with van der Waals surface area (Å²) in [7, 11) is 0. The van der Waals surface area contributed by atoms with Crippen molar-refractivity contribution in [2.45, 2.75) is 55.4 Å². The molecule has 2 N–H and O–H groups in total. The zero-order chi connectivity index (χ0) is 21.1. The van der Waals surface area contributed by atoms with Crippen LogP contribution in [0.4, 0.5) is 0 Å². The maximum Gasteiger partial charge on any atom is 0.336 e. The normalized spacial score (nSPS) is 7.85. The van der Waals surface area contributed by atoms with Gasteiger partial charge in [-0.1, -0.05) is 91.8 Å². The molecular formula is C22H34O4. The fourth-order valence-electron chi connectivity index (χ4n) is 1.81. The van der Waals surface area contributed by atoms with Crippen molar-refractivity contribution in [3.63, 3.8) is 0 Å². The van der Waals surface area contributed by atoms with Gasteiger partial charge in [0.25, 0.3) is 0 Å². The van der Waals surface area contributed by atoms with E-state index in [1.54, 1.807) is 36.4 Å². The van der Waals surface area contributed by atoms with Crippen molar-refractivity contribution in [1.82, 2.24) is 0 Å². The van der Waals surface area contributed by atoms with Gasteiger partial charge in [-0.3, -0.25) is 0 Å². The molecule has 0 amide bonds. The van der Waals surface area contributed by atoms with Crippen LogP contribution < -0.4 is 0 Å². The third-order valence-corrected chi connectivity index (χ3v) is 2.61. The standard InChI is InChI=1S/C14H10O4.4C2H6/c15-13(16)11-7-3-1-5-9(11)10-6-2-4-8-12(10)14(17)18;4*1-2/h1-8H,(H,15,16)(H,17,18);4*1-2H3. The number of hydrogen-bond acceptors (Lipinski definition) is 2. The molecule has 0 unspecified atom stereocenters. The number of benzene rings is 2. The van der Waals surface area contributed by atoms with Crippen LogP contribution in [-0.4, -0.2) is 22.2 Å². The molecule has 0 spiro atoms. The molecule has 0 aromatic heterocycles. The third kappa shape index (κ3) is 9.02. The van der Waals surface area contributed by atoms with Gasteiger partial charge in [0, 0.05) is 0 Å². The van der Waals surface area contributed by atoms with E-state index in [9.17, 15) is 9.59 Å². The Kier molecular flexibility index (Phi) is 20.3. The molecule has 0 heterocycles. The summed E-state index contributed by atoms with van der Waals surface area (Å²) in [5.74, 6) is -2.16. The molecule has 0 saturated heterocycles. The predicted molar refractivity (Wildman–Crippen MR) is 111 cm³/mol. The Morgan fingerprint density at radius 1 is 0.538 bits per heavy atom. The molecular weight excluding hydrogens is 328 g/mol. The second-order valence-electron chi connectivity index (χ2n) is 3.70. The molecule has 4 heteroatoms. The molecule has 0 atom stereocenters. The molecule has 4 nitrogen and oxygen atoms in total. The van der Waals surface area contributed by atoms with Crippen LogP contribution >= 0.6 is 0 Å². The first-order chi connectivity index (χ1) is 12.6. The Morgan fingerprint density at radius 2 is 0.769 bits per heavy atom. The number of hydrogen-bond donors (Lipinski definition) is 2. The van der Waals surface area contributed by atoms with Gasteiger partial charge in [-0.15, -0.1) is 0 Å². The quantitative estimate of drug-likeness (QED) is 0.625. The van der Waals surface area contributed by atoms with E-state index in [-0.39, 0.29) is 11.1 Å². The van der Waals surface area contributed by atoms with Gasteiger partial charge in [0.05, 0.1) is 11.1 Å². The second kappa shape index (κ2) is 18.7. The minimum Gasteiger partial charge on any atom is -0.478 e. The third-order valence-electron chi connectivity index (χ3n) is 2.61. The van der Waals surface area contributed by atoms with Crippen molar-refractivity contribution < 1.29 is 19.8 Å². The molecule has 0 aliphatic rings. The van der Waals surface area contributed by atoms with Gasteiger partial charge in [-0.05, 0) is 23.3 Å². The molecule has 2 aromatic carbocycles. The van der Waals surface area contributed by atoms with Crippen LogP contribution in [0.15, 0.2) is 48.5 Å². The lowest BCUT2D eigenvalue weighted by molar-refractivity contribution is 0.0684. The Morgan fingerprint density at radius 3 is 1.00 bits per heavy atom. The monoisotopic (exact) mass is 362 g/mol. The first-order valence-corrected chi connectivity index (χ1v) is 9.26. The van der Waals surface area contributed by atoms with Crippen LogP contribution in [0.5, 0.6) is 0 Å². The zero-order valence-corrected chi connectivity index (χ0v) is 17.3. The molecule has 0 fully saturated rings. The summed E-state index contributed by atoms with van der Waals surface area (Å²) in [5.41, 5.74) is 0.989. The number of rotatable bonds is 3. The van der Waals surface area contributed by atoms with Crippen molar-refractivity contribution in [2.75, 3.05) is 0 Å². The molecule has 2 rings (SSSR count). The molecule has 0 aliphatic heterocycles. The average Bonchev–Trinajstić information content (AvgIpc) is 2.74. The number of carboxylic acids is 2. The molecule has 0 bridgehead atoms. The smallest absolute Gasteiger partial charge is 0.336 e. The Bertz CT molecular complexity index is 564. The summed E-state index contributed by atoms with van der Waals surface area (Å²) in [6.45, 7) is 16.0. The maximum atomic E-state index is 11.1. The highest BCUT2D eigenvalue weighted by atomic mass is 16.4. The zero-order valence-electron chi connectivity index (χ0n) is 17.3. The number of carbonyl (C=O) groups is 2. The van der Waals surface area contributed by atoms with E-state index in [2.05, 4.69) is 0 Å². The minimum atomic E-state index is -1.08. The molecule has 0 aliphatic carbocycles. The lowest BCUT2D eigenvalue weighted by atomic mass is 9.95. The SMILES string of the molecule is CC.CC.CC.CC.O=C(O)c1ccccc1-c1ccccc1C(=O)O. The van der Waals surface area contributed by atoms with Crippen molar-refractivity contribution >= 4 is 11.9 Å². The van der Waals surface area contributed by atoms with Crippen molar-refractivity contribution in [3.05, 3.63) is 59.7 Å². The second-order valence-corrected chi connectivity index (χ2v) is 3.70. The van der Waals surface area contributed by atoms with Gasteiger partial charge in [-0.25, -0.2) is 9.59 Å². The van der Waals surface area contributed by atoms with Crippen LogP contribution in [0.3, 0.4) is 0 Å². The van der Waals surface area contributed by atoms with Crippen LogP contribution in [0.25, 0.3) is 11.1 Å². The topological polar surface area (TPSA) is 74.6 Å².